The van der Waals surface area contributed by atoms with Crippen molar-refractivity contribution in [3.63, 3.8) is 0 Å². The molecule has 22 heavy (non-hydrogen) atoms. The Labute approximate surface area is 128 Å². The number of benzene rings is 1. The van der Waals surface area contributed by atoms with Crippen LogP contribution in [-0.2, 0) is 26.0 Å². The minimum absolute atomic E-state index is 0.0206. The molecule has 7 heteroatoms. The van der Waals surface area contributed by atoms with Crippen LogP contribution in [0.4, 0.5) is 0 Å². The first-order chi connectivity index (χ1) is 10.3. The number of amides is 2. The molecule has 6 nitrogen and oxygen atoms in total. The molecule has 1 fully saturated rings. The van der Waals surface area contributed by atoms with Gasteiger partial charge < -0.3 is 0 Å². The molecule has 0 aliphatic carbocycles. The molecule has 1 aliphatic rings. The summed E-state index contributed by atoms with van der Waals surface area (Å²) in [5.41, 5.74) is 0.632. The van der Waals surface area contributed by atoms with Crippen LogP contribution in [0.5, 0.6) is 0 Å². The van der Waals surface area contributed by atoms with E-state index in [-0.39, 0.29) is 22.7 Å². The second kappa shape index (κ2) is 5.69. The molecule has 2 rings (SSSR count). The largest absolute Gasteiger partial charge is 0.280 e. The molecule has 0 unspecified atom stereocenters. The van der Waals surface area contributed by atoms with Crippen LogP contribution in [0.1, 0.15) is 5.56 Å². The van der Waals surface area contributed by atoms with Crippen LogP contribution in [0.2, 0.25) is 0 Å². The van der Waals surface area contributed by atoms with E-state index in [1.54, 1.807) is 12.1 Å². The minimum Gasteiger partial charge on any atom is -0.269 e. The fourth-order valence-corrected chi connectivity index (χ4v) is 2.64. The highest BCUT2D eigenvalue weighted by Crippen LogP contribution is 2.19. The lowest BCUT2D eigenvalue weighted by molar-refractivity contribution is -0.136. The van der Waals surface area contributed by atoms with Gasteiger partial charge in [0.1, 0.15) is 5.71 Å². The lowest BCUT2D eigenvalue weighted by Crippen LogP contribution is -2.30. The maximum Gasteiger partial charge on any atom is 0.280 e. The van der Waals surface area contributed by atoms with Crippen molar-refractivity contribution in [2.75, 3.05) is 6.26 Å². The van der Waals surface area contributed by atoms with Gasteiger partial charge in [0.15, 0.2) is 9.84 Å². The molecular formula is C15H14N2O4S. The number of imide groups is 1. The Morgan fingerprint density at radius 2 is 1.77 bits per heavy atom. The predicted molar refractivity (Wildman–Crippen MR) is 81.9 cm³/mol. The van der Waals surface area contributed by atoms with Crippen molar-refractivity contribution in [1.82, 2.24) is 4.90 Å². The summed E-state index contributed by atoms with van der Waals surface area (Å²) in [5, 5.41) is 0. The molecule has 0 atom stereocenters. The van der Waals surface area contributed by atoms with Crippen LogP contribution in [-0.4, -0.2) is 37.1 Å². The number of carbonyl (C=O) groups is 2. The molecule has 1 heterocycles. The Bertz CT molecular complexity index is 804. The summed E-state index contributed by atoms with van der Waals surface area (Å²) < 4.78 is 22.8. The second-order valence-electron chi connectivity index (χ2n) is 4.75. The van der Waals surface area contributed by atoms with E-state index in [2.05, 4.69) is 18.2 Å². The van der Waals surface area contributed by atoms with E-state index in [4.69, 9.17) is 0 Å². The van der Waals surface area contributed by atoms with Crippen LogP contribution in [0, 0.1) is 0 Å². The molecule has 0 saturated carbocycles. The highest BCUT2D eigenvalue weighted by Gasteiger charge is 2.38. The Hall–Kier alpha value is -2.54. The summed E-state index contributed by atoms with van der Waals surface area (Å²) in [5.74, 6) is -1.06. The molecule has 1 aliphatic heterocycles. The first kappa shape index (κ1) is 15.8. The number of hydrogen-bond donors (Lipinski definition) is 0. The van der Waals surface area contributed by atoms with Gasteiger partial charge in [0.2, 0.25) is 0 Å². The normalized spacial score (nSPS) is 17.4. The fourth-order valence-electron chi connectivity index (χ4n) is 2.01. The van der Waals surface area contributed by atoms with E-state index >= 15 is 0 Å². The number of aliphatic imine (C=N–C) groups is 1. The van der Waals surface area contributed by atoms with E-state index in [1.165, 1.54) is 18.3 Å². The van der Waals surface area contributed by atoms with Gasteiger partial charge in [-0.3, -0.25) is 19.5 Å². The lowest BCUT2D eigenvalue weighted by Gasteiger charge is -2.13. The maximum atomic E-state index is 12.1. The average Bonchev–Trinajstić information content (AvgIpc) is 2.65. The zero-order valence-electron chi connectivity index (χ0n) is 11.9. The molecule has 0 bridgehead atoms. The third-order valence-electron chi connectivity index (χ3n) is 3.15. The average molecular weight is 318 g/mol. The summed E-state index contributed by atoms with van der Waals surface area (Å²) >= 11 is 0. The van der Waals surface area contributed by atoms with Gasteiger partial charge in [-0.25, -0.2) is 8.42 Å². The molecule has 0 aromatic heterocycles. The standard InChI is InChI=1S/C15H14N2O4S/c1-4-16-13-10(2)14(18)17(15(13)19)9-11-5-7-12(8-6-11)22(3,20)21/h4-8H,1-2,9H2,3H3. The molecular weight excluding hydrogens is 304 g/mol. The van der Waals surface area contributed by atoms with Gasteiger partial charge in [-0.2, -0.15) is 0 Å². The van der Waals surface area contributed by atoms with Crippen molar-refractivity contribution in [1.29, 1.82) is 0 Å². The second-order valence-corrected chi connectivity index (χ2v) is 6.77. The molecule has 1 aromatic rings. The highest BCUT2D eigenvalue weighted by molar-refractivity contribution is 7.90. The minimum atomic E-state index is -3.29. The van der Waals surface area contributed by atoms with Crippen LogP contribution in [0.3, 0.4) is 0 Å². The molecule has 2 amide bonds. The summed E-state index contributed by atoms with van der Waals surface area (Å²) in [4.78, 5) is 29.1. The van der Waals surface area contributed by atoms with Gasteiger partial charge in [0.05, 0.1) is 17.0 Å². The Balaban J connectivity index is 2.26. The summed E-state index contributed by atoms with van der Waals surface area (Å²) in [6, 6.07) is 5.98. The number of carbonyl (C=O) groups excluding carboxylic acids is 2. The summed E-state index contributed by atoms with van der Waals surface area (Å²) in [6.45, 7) is 6.97. The lowest BCUT2D eigenvalue weighted by atomic mass is 10.2. The van der Waals surface area contributed by atoms with Gasteiger partial charge >= 0.3 is 0 Å². The van der Waals surface area contributed by atoms with Crippen molar-refractivity contribution < 1.29 is 18.0 Å². The third kappa shape index (κ3) is 2.89. The molecule has 0 spiro atoms. The molecule has 1 saturated heterocycles. The quantitative estimate of drug-likeness (QED) is 0.615. The van der Waals surface area contributed by atoms with E-state index < -0.39 is 21.7 Å². The van der Waals surface area contributed by atoms with Gasteiger partial charge in [-0.1, -0.05) is 25.3 Å². The number of hydrogen-bond acceptors (Lipinski definition) is 5. The topological polar surface area (TPSA) is 83.9 Å². The van der Waals surface area contributed by atoms with Crippen LogP contribution >= 0.6 is 0 Å². The van der Waals surface area contributed by atoms with Crippen LogP contribution in [0.25, 0.3) is 0 Å². The first-order valence-electron chi connectivity index (χ1n) is 6.29. The van der Waals surface area contributed by atoms with E-state index in [0.717, 1.165) is 11.2 Å². The van der Waals surface area contributed by atoms with E-state index in [1.807, 2.05) is 0 Å². The zero-order valence-corrected chi connectivity index (χ0v) is 12.8. The van der Waals surface area contributed by atoms with Crippen LogP contribution in [0.15, 0.2) is 59.1 Å². The van der Waals surface area contributed by atoms with Crippen LogP contribution < -0.4 is 0 Å². The monoisotopic (exact) mass is 318 g/mol. The molecule has 0 N–H and O–H groups in total. The molecule has 1 aromatic carbocycles. The Kier molecular flexibility index (Phi) is 4.09. The summed E-state index contributed by atoms with van der Waals surface area (Å²) in [7, 11) is -3.29. The van der Waals surface area contributed by atoms with Crippen molar-refractivity contribution in [2.45, 2.75) is 11.4 Å². The van der Waals surface area contributed by atoms with Gasteiger partial charge in [0, 0.05) is 12.5 Å². The predicted octanol–water partition coefficient (Wildman–Crippen LogP) is 1.10. The molecule has 0 radical (unpaired) electrons. The van der Waals surface area contributed by atoms with Gasteiger partial charge in [-0.05, 0) is 17.7 Å². The van der Waals surface area contributed by atoms with Gasteiger partial charge in [0.25, 0.3) is 11.8 Å². The van der Waals surface area contributed by atoms with Crippen molar-refractivity contribution in [2.24, 2.45) is 4.99 Å². The van der Waals surface area contributed by atoms with E-state index in [9.17, 15) is 18.0 Å². The summed E-state index contributed by atoms with van der Waals surface area (Å²) in [6.07, 6.45) is 2.29. The van der Waals surface area contributed by atoms with Crippen molar-refractivity contribution in [3.05, 3.63) is 54.8 Å². The maximum absolute atomic E-state index is 12.1. The first-order valence-corrected chi connectivity index (χ1v) is 8.18. The zero-order chi connectivity index (χ0) is 16.5. The third-order valence-corrected chi connectivity index (χ3v) is 4.28. The highest BCUT2D eigenvalue weighted by atomic mass is 32.2. The Morgan fingerprint density at radius 1 is 1.18 bits per heavy atom. The number of sulfone groups is 1. The van der Waals surface area contributed by atoms with Crippen molar-refractivity contribution in [3.8, 4) is 0 Å². The van der Waals surface area contributed by atoms with Gasteiger partial charge in [-0.15, -0.1) is 0 Å². The molecule has 114 valence electrons. The number of likely N-dealkylation sites (tertiary alicyclic amines) is 1. The van der Waals surface area contributed by atoms with Crippen molar-refractivity contribution >= 4 is 27.4 Å². The smallest absolute Gasteiger partial charge is 0.269 e. The number of nitrogens with zero attached hydrogens (tertiary/aromatic N) is 2. The number of rotatable bonds is 4. The van der Waals surface area contributed by atoms with E-state index in [0.29, 0.717) is 5.56 Å². The Morgan fingerprint density at radius 3 is 2.27 bits per heavy atom. The fraction of sp³-hybridized carbons (Fsp3) is 0.133. The SMILES string of the molecule is C=CN=C1C(=C)C(=O)N(Cc2ccc(S(C)(=O)=O)cc2)C1=O.